The minimum Gasteiger partial charge on any atom is -0.343 e. The normalized spacial score (nSPS) is 36.9. The Morgan fingerprint density at radius 2 is 2.06 bits per heavy atom. The number of carbonyl (C=O) groups is 2. The Kier molecular flexibility index (Phi) is 4.20. The average molecular weight is 270 g/mol. The smallest absolute Gasteiger partial charge is 0.245 e. The summed E-state index contributed by atoms with van der Waals surface area (Å²) in [5, 5.41) is 3.24. The van der Waals surface area contributed by atoms with Gasteiger partial charge in [-0.2, -0.15) is 11.8 Å². The van der Waals surface area contributed by atoms with Crippen molar-refractivity contribution in [3.8, 4) is 0 Å². The Balaban J connectivity index is 2.18. The standard InChI is InChI=1S/C13H22N2O2S/c1-4-18-11-7-5-6-10(11)15-9(3)12(16)14-8(2)13(15)17/h8-11H,4-7H2,1-3H3,(H,14,16). The molecule has 5 heteroatoms. The van der Waals surface area contributed by atoms with Crippen molar-refractivity contribution < 1.29 is 9.59 Å². The summed E-state index contributed by atoms with van der Waals surface area (Å²) < 4.78 is 0. The minimum atomic E-state index is -0.374. The summed E-state index contributed by atoms with van der Waals surface area (Å²) in [6, 6.07) is -0.454. The molecule has 2 fully saturated rings. The van der Waals surface area contributed by atoms with Crippen molar-refractivity contribution in [1.82, 2.24) is 10.2 Å². The molecule has 2 aliphatic rings. The molecule has 0 radical (unpaired) electrons. The third kappa shape index (κ3) is 2.37. The summed E-state index contributed by atoms with van der Waals surface area (Å²) in [4.78, 5) is 26.0. The summed E-state index contributed by atoms with van der Waals surface area (Å²) in [5.74, 6) is 1.13. The fourth-order valence-corrected chi connectivity index (χ4v) is 4.27. The molecular formula is C13H22N2O2S. The van der Waals surface area contributed by atoms with Gasteiger partial charge in [0, 0.05) is 11.3 Å². The average Bonchev–Trinajstić information content (AvgIpc) is 2.76. The van der Waals surface area contributed by atoms with Gasteiger partial charge in [-0.25, -0.2) is 0 Å². The molecule has 1 aliphatic carbocycles. The van der Waals surface area contributed by atoms with E-state index in [0.29, 0.717) is 5.25 Å². The van der Waals surface area contributed by atoms with E-state index in [1.807, 2.05) is 23.6 Å². The second kappa shape index (κ2) is 5.51. The number of hydrogen-bond donors (Lipinski definition) is 1. The predicted octanol–water partition coefficient (Wildman–Crippen LogP) is 1.40. The van der Waals surface area contributed by atoms with Crippen molar-refractivity contribution in [3.05, 3.63) is 0 Å². The van der Waals surface area contributed by atoms with E-state index in [4.69, 9.17) is 0 Å². The molecule has 0 aromatic heterocycles. The van der Waals surface area contributed by atoms with Gasteiger partial charge in [0.15, 0.2) is 0 Å². The van der Waals surface area contributed by atoms with Crippen LogP contribution >= 0.6 is 11.8 Å². The molecule has 2 rings (SSSR count). The van der Waals surface area contributed by atoms with Crippen LogP contribution in [0.1, 0.15) is 40.0 Å². The molecule has 2 amide bonds. The Bertz CT molecular complexity index is 348. The summed E-state index contributed by atoms with van der Waals surface area (Å²) in [6.45, 7) is 5.76. The van der Waals surface area contributed by atoms with E-state index in [-0.39, 0.29) is 29.9 Å². The van der Waals surface area contributed by atoms with Gasteiger partial charge in [-0.05, 0) is 32.4 Å². The van der Waals surface area contributed by atoms with E-state index < -0.39 is 0 Å². The van der Waals surface area contributed by atoms with Gasteiger partial charge in [-0.3, -0.25) is 9.59 Å². The number of piperazine rings is 1. The SMILES string of the molecule is CCSC1CCCC1N1C(=O)C(C)NC(=O)C1C. The number of nitrogens with one attached hydrogen (secondary N) is 1. The molecule has 4 nitrogen and oxygen atoms in total. The predicted molar refractivity (Wildman–Crippen MR) is 73.5 cm³/mol. The topological polar surface area (TPSA) is 49.4 Å². The molecule has 0 spiro atoms. The number of nitrogens with zero attached hydrogens (tertiary/aromatic N) is 1. The van der Waals surface area contributed by atoms with Crippen LogP contribution in [0.4, 0.5) is 0 Å². The highest BCUT2D eigenvalue weighted by Gasteiger charge is 2.43. The first-order chi connectivity index (χ1) is 8.56. The Morgan fingerprint density at radius 3 is 2.72 bits per heavy atom. The summed E-state index contributed by atoms with van der Waals surface area (Å²) in [6.07, 6.45) is 3.36. The van der Waals surface area contributed by atoms with Crippen LogP contribution in [0.2, 0.25) is 0 Å². The van der Waals surface area contributed by atoms with Crippen LogP contribution in [0.25, 0.3) is 0 Å². The highest BCUT2D eigenvalue weighted by atomic mass is 32.2. The third-order valence-corrected chi connectivity index (χ3v) is 5.25. The van der Waals surface area contributed by atoms with E-state index in [1.54, 1.807) is 6.92 Å². The van der Waals surface area contributed by atoms with Gasteiger partial charge in [0.05, 0.1) is 0 Å². The Morgan fingerprint density at radius 1 is 1.33 bits per heavy atom. The number of rotatable bonds is 3. The second-order valence-electron chi connectivity index (χ2n) is 5.14. The van der Waals surface area contributed by atoms with Crippen LogP contribution in [-0.4, -0.2) is 45.8 Å². The fraction of sp³-hybridized carbons (Fsp3) is 0.846. The highest BCUT2D eigenvalue weighted by Crippen LogP contribution is 2.35. The maximum absolute atomic E-state index is 12.3. The molecule has 1 heterocycles. The van der Waals surface area contributed by atoms with Crippen LogP contribution in [0.15, 0.2) is 0 Å². The van der Waals surface area contributed by atoms with Crippen molar-refractivity contribution in [2.75, 3.05) is 5.75 Å². The second-order valence-corrected chi connectivity index (χ2v) is 6.66. The number of amides is 2. The first kappa shape index (κ1) is 13.7. The molecule has 0 bridgehead atoms. The monoisotopic (exact) mass is 270 g/mol. The number of carbonyl (C=O) groups excluding carboxylic acids is 2. The van der Waals surface area contributed by atoms with E-state index in [0.717, 1.165) is 25.0 Å². The van der Waals surface area contributed by atoms with E-state index in [1.165, 1.54) is 0 Å². The Hall–Kier alpha value is -0.710. The molecule has 102 valence electrons. The zero-order valence-electron chi connectivity index (χ0n) is 11.3. The third-order valence-electron chi connectivity index (χ3n) is 3.94. The molecule has 0 aromatic carbocycles. The lowest BCUT2D eigenvalue weighted by molar-refractivity contribution is -0.150. The van der Waals surface area contributed by atoms with Gasteiger partial charge in [0.25, 0.3) is 0 Å². The first-order valence-corrected chi connectivity index (χ1v) is 7.85. The van der Waals surface area contributed by atoms with Crippen LogP contribution in [0, 0.1) is 0 Å². The van der Waals surface area contributed by atoms with E-state index in [2.05, 4.69) is 12.2 Å². The summed E-state index contributed by atoms with van der Waals surface area (Å²) in [7, 11) is 0. The van der Waals surface area contributed by atoms with Crippen LogP contribution in [-0.2, 0) is 9.59 Å². The quantitative estimate of drug-likeness (QED) is 0.843. The zero-order valence-corrected chi connectivity index (χ0v) is 12.1. The van der Waals surface area contributed by atoms with Crippen LogP contribution in [0.3, 0.4) is 0 Å². The summed E-state index contributed by atoms with van der Waals surface area (Å²) in [5.41, 5.74) is 0. The highest BCUT2D eigenvalue weighted by molar-refractivity contribution is 7.99. The van der Waals surface area contributed by atoms with Gasteiger partial charge in [-0.1, -0.05) is 13.3 Å². The zero-order chi connectivity index (χ0) is 13.3. The minimum absolute atomic E-state index is 0.0192. The van der Waals surface area contributed by atoms with Gasteiger partial charge in [0.2, 0.25) is 11.8 Å². The molecule has 4 atom stereocenters. The first-order valence-electron chi connectivity index (χ1n) is 6.80. The largest absolute Gasteiger partial charge is 0.343 e. The van der Waals surface area contributed by atoms with Crippen molar-refractivity contribution in [1.29, 1.82) is 0 Å². The molecule has 4 unspecified atom stereocenters. The van der Waals surface area contributed by atoms with Crippen molar-refractivity contribution >= 4 is 23.6 Å². The van der Waals surface area contributed by atoms with E-state index in [9.17, 15) is 9.59 Å². The molecular weight excluding hydrogens is 248 g/mol. The fourth-order valence-electron chi connectivity index (χ4n) is 3.02. The van der Waals surface area contributed by atoms with Crippen LogP contribution in [0.5, 0.6) is 0 Å². The number of thioether (sulfide) groups is 1. The van der Waals surface area contributed by atoms with Crippen LogP contribution < -0.4 is 5.32 Å². The molecule has 1 N–H and O–H groups in total. The lowest BCUT2D eigenvalue weighted by Crippen LogP contribution is -2.64. The number of hydrogen-bond acceptors (Lipinski definition) is 3. The summed E-state index contributed by atoms with van der Waals surface area (Å²) >= 11 is 1.92. The van der Waals surface area contributed by atoms with Gasteiger partial charge < -0.3 is 10.2 Å². The van der Waals surface area contributed by atoms with Gasteiger partial charge in [0.1, 0.15) is 12.1 Å². The van der Waals surface area contributed by atoms with Gasteiger partial charge >= 0.3 is 0 Å². The maximum atomic E-state index is 12.3. The van der Waals surface area contributed by atoms with E-state index >= 15 is 0 Å². The molecule has 1 aliphatic heterocycles. The van der Waals surface area contributed by atoms with Gasteiger partial charge in [-0.15, -0.1) is 0 Å². The lowest BCUT2D eigenvalue weighted by Gasteiger charge is -2.42. The Labute approximate surface area is 113 Å². The molecule has 18 heavy (non-hydrogen) atoms. The van der Waals surface area contributed by atoms with Crippen molar-refractivity contribution in [2.24, 2.45) is 0 Å². The molecule has 1 saturated carbocycles. The van der Waals surface area contributed by atoms with Crippen molar-refractivity contribution in [2.45, 2.75) is 63.4 Å². The maximum Gasteiger partial charge on any atom is 0.245 e. The lowest BCUT2D eigenvalue weighted by atomic mass is 10.0. The van der Waals surface area contributed by atoms with Crippen molar-refractivity contribution in [3.63, 3.8) is 0 Å². The molecule has 0 aromatic rings. The molecule has 1 saturated heterocycles.